The van der Waals surface area contributed by atoms with Gasteiger partial charge in [-0.25, -0.2) is 15.0 Å². The molecule has 13 aromatic rings. The maximum atomic E-state index is 5.12. The predicted octanol–water partition coefficient (Wildman–Crippen LogP) is 14.5. The summed E-state index contributed by atoms with van der Waals surface area (Å²) < 4.78 is 4.93. The lowest BCUT2D eigenvalue weighted by molar-refractivity contribution is 1.07. The van der Waals surface area contributed by atoms with Gasteiger partial charge in [0.15, 0.2) is 17.5 Å². The predicted molar refractivity (Wildman–Crippen MR) is 257 cm³/mol. The maximum Gasteiger partial charge on any atom is 0.164 e. The van der Waals surface area contributed by atoms with Gasteiger partial charge in [0, 0.05) is 65.8 Å². The van der Waals surface area contributed by atoms with Crippen molar-refractivity contribution in [2.45, 2.75) is 0 Å². The number of hydrogen-bond donors (Lipinski definition) is 0. The minimum Gasteiger partial charge on any atom is -0.309 e. The summed E-state index contributed by atoms with van der Waals surface area (Å²) in [4.78, 5) is 15.2. The minimum absolute atomic E-state index is 0.623. The van der Waals surface area contributed by atoms with Crippen molar-refractivity contribution in [2.24, 2.45) is 0 Å². The second-order valence-electron chi connectivity index (χ2n) is 15.9. The molecule has 0 atom stereocenters. The van der Waals surface area contributed by atoms with E-state index in [1.54, 1.807) is 0 Å². The van der Waals surface area contributed by atoms with Crippen LogP contribution in [0.1, 0.15) is 0 Å². The first-order chi connectivity index (χ1) is 30.8. The SMILES string of the molecule is c1ccc(-c2nc(-c3ccccc3)nc(-c3cccc(-n4c5ccccc5c5c6c(c7ccccc7c7c6c6ccccc6n7-c6ccccc6)c6ccccc6c54)c3)n2)cc1. The van der Waals surface area contributed by atoms with Gasteiger partial charge in [-0.3, -0.25) is 0 Å². The first kappa shape index (κ1) is 34.5. The number of fused-ring (bicyclic) bond motifs is 15. The highest BCUT2D eigenvalue weighted by Gasteiger charge is 2.26. The van der Waals surface area contributed by atoms with Crippen molar-refractivity contribution in [3.05, 3.63) is 212 Å². The molecule has 13 rings (SSSR count). The Morgan fingerprint density at radius 1 is 0.258 bits per heavy atom. The molecule has 0 aliphatic heterocycles. The van der Waals surface area contributed by atoms with Gasteiger partial charge in [0.1, 0.15) is 0 Å². The van der Waals surface area contributed by atoms with Crippen molar-refractivity contribution in [3.63, 3.8) is 0 Å². The summed E-state index contributed by atoms with van der Waals surface area (Å²) >= 11 is 0. The molecule has 0 fully saturated rings. The summed E-state index contributed by atoms with van der Waals surface area (Å²) in [6, 6.07) is 75.6. The number of nitrogens with zero attached hydrogens (tertiary/aromatic N) is 5. The molecule has 0 N–H and O–H groups in total. The van der Waals surface area contributed by atoms with Crippen molar-refractivity contribution in [1.29, 1.82) is 0 Å². The fraction of sp³-hybridized carbons (Fsp3) is 0. The quantitative estimate of drug-likeness (QED) is 0.163. The molecule has 62 heavy (non-hydrogen) atoms. The maximum absolute atomic E-state index is 5.12. The molecule has 5 nitrogen and oxygen atoms in total. The van der Waals surface area contributed by atoms with E-state index < -0.39 is 0 Å². The van der Waals surface area contributed by atoms with E-state index in [4.69, 9.17) is 15.0 Å². The van der Waals surface area contributed by atoms with Crippen LogP contribution in [0.2, 0.25) is 0 Å². The average Bonchev–Trinajstić information content (AvgIpc) is 3.89. The Hall–Kier alpha value is -8.41. The Labute approximate surface area is 356 Å². The zero-order chi connectivity index (χ0) is 40.7. The van der Waals surface area contributed by atoms with Gasteiger partial charge in [0.2, 0.25) is 0 Å². The molecule has 0 saturated heterocycles. The second kappa shape index (κ2) is 13.6. The van der Waals surface area contributed by atoms with E-state index in [0.29, 0.717) is 17.5 Å². The summed E-state index contributed by atoms with van der Waals surface area (Å²) in [6.45, 7) is 0. The fourth-order valence-corrected chi connectivity index (χ4v) is 9.94. The van der Waals surface area contributed by atoms with Crippen molar-refractivity contribution >= 4 is 75.9 Å². The molecule has 0 amide bonds. The summed E-state index contributed by atoms with van der Waals surface area (Å²) in [5.74, 6) is 1.90. The molecule has 0 saturated carbocycles. The molecule has 0 bridgehead atoms. The first-order valence-electron chi connectivity index (χ1n) is 21.0. The van der Waals surface area contributed by atoms with Crippen LogP contribution in [0.5, 0.6) is 0 Å². The van der Waals surface area contributed by atoms with Crippen LogP contribution in [0.25, 0.3) is 121 Å². The van der Waals surface area contributed by atoms with Crippen LogP contribution in [0, 0.1) is 0 Å². The molecular weight excluding hydrogens is 755 g/mol. The van der Waals surface area contributed by atoms with Gasteiger partial charge in [-0.15, -0.1) is 0 Å². The van der Waals surface area contributed by atoms with Gasteiger partial charge in [0.05, 0.1) is 22.1 Å². The van der Waals surface area contributed by atoms with Gasteiger partial charge in [-0.1, -0.05) is 176 Å². The zero-order valence-corrected chi connectivity index (χ0v) is 33.4. The highest BCUT2D eigenvalue weighted by Crippen LogP contribution is 2.50. The molecule has 0 radical (unpaired) electrons. The molecule has 3 heterocycles. The molecule has 288 valence electrons. The lowest BCUT2D eigenvalue weighted by atomic mass is 9.89. The lowest BCUT2D eigenvalue weighted by Gasteiger charge is -2.17. The Morgan fingerprint density at radius 2 is 0.629 bits per heavy atom. The third-order valence-corrected chi connectivity index (χ3v) is 12.5. The van der Waals surface area contributed by atoms with Crippen LogP contribution in [-0.2, 0) is 0 Å². The van der Waals surface area contributed by atoms with Crippen molar-refractivity contribution < 1.29 is 0 Å². The second-order valence-corrected chi connectivity index (χ2v) is 15.9. The van der Waals surface area contributed by atoms with Gasteiger partial charge >= 0.3 is 0 Å². The number of hydrogen-bond acceptors (Lipinski definition) is 3. The molecule has 5 heteroatoms. The zero-order valence-electron chi connectivity index (χ0n) is 33.4. The monoisotopic (exact) mass is 789 g/mol. The topological polar surface area (TPSA) is 48.5 Å². The summed E-state index contributed by atoms with van der Waals surface area (Å²) in [5.41, 5.74) is 9.68. The van der Waals surface area contributed by atoms with E-state index >= 15 is 0 Å². The van der Waals surface area contributed by atoms with Gasteiger partial charge in [-0.2, -0.15) is 0 Å². The first-order valence-corrected chi connectivity index (χ1v) is 21.0. The Kier molecular flexibility index (Phi) is 7.54. The van der Waals surface area contributed by atoms with Gasteiger partial charge in [-0.05, 0) is 52.6 Å². The van der Waals surface area contributed by atoms with Crippen molar-refractivity contribution in [3.8, 4) is 45.5 Å². The van der Waals surface area contributed by atoms with Crippen LogP contribution in [0.3, 0.4) is 0 Å². The minimum atomic E-state index is 0.623. The highest BCUT2D eigenvalue weighted by molar-refractivity contribution is 6.45. The van der Waals surface area contributed by atoms with Gasteiger partial charge in [0.25, 0.3) is 0 Å². The summed E-state index contributed by atoms with van der Waals surface area (Å²) in [6.07, 6.45) is 0. The van der Waals surface area contributed by atoms with E-state index in [1.807, 2.05) is 36.4 Å². The Balaban J connectivity index is 1.18. The Morgan fingerprint density at radius 3 is 1.15 bits per heavy atom. The number of benzene rings is 10. The number of aromatic nitrogens is 5. The standard InChI is InChI=1S/C57H35N5/c1-4-19-36(20-5-1)55-58-56(37-21-6-2-7-22-37)60-57(59-55)38-23-18-26-40(35-38)62-48-34-17-15-32-46(48)51-52-49(42-28-11-13-30-44(42)54(51)62)41-27-10-12-29-43(41)53-50(52)45-31-14-16-33-47(45)61(53)39-24-8-3-9-25-39/h1-35H. The van der Waals surface area contributed by atoms with Crippen LogP contribution >= 0.6 is 0 Å². The Bertz CT molecular complexity index is 3850. The highest BCUT2D eigenvalue weighted by atomic mass is 15.0. The summed E-state index contributed by atoms with van der Waals surface area (Å²) in [5, 5.41) is 12.4. The van der Waals surface area contributed by atoms with Crippen molar-refractivity contribution in [2.75, 3.05) is 0 Å². The average molecular weight is 790 g/mol. The van der Waals surface area contributed by atoms with Gasteiger partial charge < -0.3 is 9.13 Å². The third-order valence-electron chi connectivity index (χ3n) is 12.5. The molecule has 0 aliphatic rings. The third kappa shape index (κ3) is 5.06. The van der Waals surface area contributed by atoms with E-state index in [1.165, 1.54) is 70.4 Å². The molecule has 3 aromatic heterocycles. The van der Waals surface area contributed by atoms with E-state index in [-0.39, 0.29) is 0 Å². The normalized spacial score (nSPS) is 11.9. The fourth-order valence-electron chi connectivity index (χ4n) is 9.94. The molecule has 10 aromatic carbocycles. The van der Waals surface area contributed by atoms with E-state index in [9.17, 15) is 0 Å². The molecular formula is C57H35N5. The van der Waals surface area contributed by atoms with Crippen LogP contribution in [0.4, 0.5) is 0 Å². The van der Waals surface area contributed by atoms with E-state index in [0.717, 1.165) is 33.6 Å². The lowest BCUT2D eigenvalue weighted by Crippen LogP contribution is -2.01. The van der Waals surface area contributed by atoms with Crippen LogP contribution < -0.4 is 0 Å². The largest absolute Gasteiger partial charge is 0.309 e. The van der Waals surface area contributed by atoms with Crippen LogP contribution in [-0.4, -0.2) is 24.1 Å². The smallest absolute Gasteiger partial charge is 0.164 e. The van der Waals surface area contributed by atoms with Crippen LogP contribution in [0.15, 0.2) is 212 Å². The number of para-hydroxylation sites is 3. The number of rotatable bonds is 5. The van der Waals surface area contributed by atoms with Crippen molar-refractivity contribution in [1.82, 2.24) is 24.1 Å². The van der Waals surface area contributed by atoms with E-state index in [2.05, 4.69) is 185 Å². The summed E-state index contributed by atoms with van der Waals surface area (Å²) in [7, 11) is 0. The molecule has 0 spiro atoms. The molecule has 0 unspecified atom stereocenters. The molecule has 0 aliphatic carbocycles.